The number of amides is 1. The molecule has 2 aromatic heterocycles. The van der Waals surface area contributed by atoms with Crippen molar-refractivity contribution < 1.29 is 13.2 Å². The number of pyridine rings is 2. The molecular weight excluding hydrogens is 386 g/mol. The van der Waals surface area contributed by atoms with Crippen LogP contribution in [0.25, 0.3) is 10.9 Å². The molecule has 3 aromatic rings. The lowest BCUT2D eigenvalue weighted by atomic mass is 9.92. The average Bonchev–Trinajstić information content (AvgIpc) is 2.73. The molecule has 0 spiro atoms. The first-order valence-corrected chi connectivity index (χ1v) is 11.6. The quantitative estimate of drug-likeness (QED) is 0.662. The van der Waals surface area contributed by atoms with Crippen LogP contribution in [-0.4, -0.2) is 48.5 Å². The van der Waals surface area contributed by atoms with Gasteiger partial charge in [-0.3, -0.25) is 14.8 Å². The third kappa shape index (κ3) is 4.45. The van der Waals surface area contributed by atoms with Gasteiger partial charge < -0.3 is 4.90 Å². The highest BCUT2D eigenvalue weighted by Gasteiger charge is 2.25. The molecule has 0 radical (unpaired) electrons. The summed E-state index contributed by atoms with van der Waals surface area (Å²) >= 11 is 0. The fourth-order valence-electron chi connectivity index (χ4n) is 3.77. The van der Waals surface area contributed by atoms with Crippen LogP contribution >= 0.6 is 0 Å². The van der Waals surface area contributed by atoms with E-state index in [2.05, 4.69) is 16.0 Å². The van der Waals surface area contributed by atoms with E-state index >= 15 is 0 Å². The number of aromatic nitrogens is 2. The van der Waals surface area contributed by atoms with Crippen molar-refractivity contribution in [3.63, 3.8) is 0 Å². The number of carbonyl (C=O) groups excluding carboxylic acids is 1. The second-order valence-electron chi connectivity index (χ2n) is 7.55. The van der Waals surface area contributed by atoms with E-state index in [-0.39, 0.29) is 17.2 Å². The maximum atomic E-state index is 12.6. The van der Waals surface area contributed by atoms with E-state index in [0.717, 1.165) is 35.0 Å². The molecule has 0 unspecified atom stereocenters. The molecule has 7 heteroatoms. The predicted molar refractivity (Wildman–Crippen MR) is 111 cm³/mol. The van der Waals surface area contributed by atoms with Crippen LogP contribution in [0.4, 0.5) is 0 Å². The zero-order chi connectivity index (χ0) is 20.4. The molecule has 150 valence electrons. The van der Waals surface area contributed by atoms with Crippen molar-refractivity contribution >= 4 is 26.6 Å². The highest BCUT2D eigenvalue weighted by Crippen LogP contribution is 2.28. The number of likely N-dealkylation sites (tertiary alicyclic amines) is 1. The third-order valence-corrected chi connectivity index (χ3v) is 6.61. The summed E-state index contributed by atoms with van der Waals surface area (Å²) in [5.74, 6) is 0.406. The molecule has 0 N–H and O–H groups in total. The van der Waals surface area contributed by atoms with Gasteiger partial charge in [0.05, 0.1) is 16.8 Å². The van der Waals surface area contributed by atoms with Gasteiger partial charge in [-0.1, -0.05) is 12.1 Å². The monoisotopic (exact) mass is 409 g/mol. The number of nitrogens with zero attached hydrogens (tertiary/aromatic N) is 3. The summed E-state index contributed by atoms with van der Waals surface area (Å²) in [4.78, 5) is 23.8. The molecule has 1 amide bonds. The van der Waals surface area contributed by atoms with Gasteiger partial charge >= 0.3 is 0 Å². The number of sulfone groups is 1. The van der Waals surface area contributed by atoms with E-state index in [1.54, 1.807) is 30.5 Å². The van der Waals surface area contributed by atoms with E-state index in [9.17, 15) is 13.2 Å². The van der Waals surface area contributed by atoms with Crippen LogP contribution in [0.2, 0.25) is 0 Å². The Balaban J connectivity index is 1.36. The van der Waals surface area contributed by atoms with Crippen molar-refractivity contribution in [2.24, 2.45) is 0 Å². The van der Waals surface area contributed by atoms with Gasteiger partial charge in [-0.2, -0.15) is 0 Å². The number of benzene rings is 1. The van der Waals surface area contributed by atoms with E-state index in [1.807, 2.05) is 23.2 Å². The maximum Gasteiger partial charge on any atom is 0.226 e. The number of hydrogen-bond acceptors (Lipinski definition) is 5. The van der Waals surface area contributed by atoms with Crippen molar-refractivity contribution in [3.05, 3.63) is 66.1 Å². The van der Waals surface area contributed by atoms with Crippen LogP contribution in [0, 0.1) is 0 Å². The number of piperidine rings is 1. The van der Waals surface area contributed by atoms with Crippen molar-refractivity contribution in [3.8, 4) is 0 Å². The van der Waals surface area contributed by atoms with Gasteiger partial charge in [-0.15, -0.1) is 0 Å². The number of fused-ring (bicyclic) bond motifs is 1. The smallest absolute Gasteiger partial charge is 0.226 e. The van der Waals surface area contributed by atoms with Gasteiger partial charge in [-0.25, -0.2) is 8.42 Å². The van der Waals surface area contributed by atoms with Gasteiger partial charge in [0.15, 0.2) is 9.84 Å². The molecule has 3 heterocycles. The van der Waals surface area contributed by atoms with Crippen LogP contribution in [0.3, 0.4) is 0 Å². The molecule has 29 heavy (non-hydrogen) atoms. The summed E-state index contributed by atoms with van der Waals surface area (Å²) < 4.78 is 23.1. The molecule has 1 aliphatic rings. The third-order valence-electron chi connectivity index (χ3n) is 5.48. The fourth-order valence-corrected chi connectivity index (χ4v) is 4.40. The Hall–Kier alpha value is -2.80. The highest BCUT2D eigenvalue weighted by atomic mass is 32.2. The molecule has 0 aliphatic carbocycles. The van der Waals surface area contributed by atoms with Crippen molar-refractivity contribution in [2.75, 3.05) is 19.3 Å². The van der Waals surface area contributed by atoms with Crippen molar-refractivity contribution in [1.29, 1.82) is 0 Å². The SMILES string of the molecule is CS(=O)(=O)c1ccc(CC(=O)N2CCC(c3cc4ncccc4cn3)CC2)cc1. The average molecular weight is 410 g/mol. The topological polar surface area (TPSA) is 80.2 Å². The Kier molecular flexibility index (Phi) is 5.32. The first-order valence-electron chi connectivity index (χ1n) is 9.67. The van der Waals surface area contributed by atoms with Gasteiger partial charge in [0, 0.05) is 48.7 Å². The lowest BCUT2D eigenvalue weighted by molar-refractivity contribution is -0.131. The molecular formula is C22H23N3O3S. The molecule has 0 atom stereocenters. The Morgan fingerprint density at radius 3 is 2.52 bits per heavy atom. The summed E-state index contributed by atoms with van der Waals surface area (Å²) in [5.41, 5.74) is 2.82. The summed E-state index contributed by atoms with van der Waals surface area (Å²) in [6.45, 7) is 1.40. The molecule has 4 rings (SSSR count). The zero-order valence-corrected chi connectivity index (χ0v) is 17.1. The zero-order valence-electron chi connectivity index (χ0n) is 16.3. The largest absolute Gasteiger partial charge is 0.342 e. The molecule has 1 fully saturated rings. The van der Waals surface area contributed by atoms with Crippen molar-refractivity contribution in [2.45, 2.75) is 30.1 Å². The molecule has 1 aromatic carbocycles. The highest BCUT2D eigenvalue weighted by molar-refractivity contribution is 7.90. The van der Waals surface area contributed by atoms with E-state index in [4.69, 9.17) is 0 Å². The summed E-state index contributed by atoms with van der Waals surface area (Å²) in [5, 5.41) is 1.03. The van der Waals surface area contributed by atoms with Crippen LogP contribution in [0.5, 0.6) is 0 Å². The van der Waals surface area contributed by atoms with Crippen LogP contribution in [0.1, 0.15) is 30.0 Å². The predicted octanol–water partition coefficient (Wildman–Crippen LogP) is 2.98. The van der Waals surface area contributed by atoms with Gasteiger partial charge in [-0.05, 0) is 48.7 Å². The molecule has 0 bridgehead atoms. The standard InChI is InChI=1S/C22H23N3O3S/c1-29(27,28)19-6-4-16(5-7-19)13-22(26)25-11-8-17(9-12-25)20-14-21-18(15-24-20)3-2-10-23-21/h2-7,10,14-15,17H,8-9,11-13H2,1H3. The van der Waals surface area contributed by atoms with E-state index < -0.39 is 9.84 Å². The van der Waals surface area contributed by atoms with Gasteiger partial charge in [0.25, 0.3) is 0 Å². The van der Waals surface area contributed by atoms with Gasteiger partial charge in [0.1, 0.15) is 0 Å². The molecule has 0 saturated carbocycles. The number of rotatable bonds is 4. The first kappa shape index (κ1) is 19.5. The normalized spacial score (nSPS) is 15.6. The number of carbonyl (C=O) groups is 1. The lowest BCUT2D eigenvalue weighted by Crippen LogP contribution is -2.38. The summed E-state index contributed by atoms with van der Waals surface area (Å²) in [7, 11) is -3.22. The summed E-state index contributed by atoms with van der Waals surface area (Å²) in [6, 6.07) is 12.5. The minimum Gasteiger partial charge on any atom is -0.342 e. The van der Waals surface area contributed by atoms with Crippen LogP contribution in [-0.2, 0) is 21.1 Å². The van der Waals surface area contributed by atoms with Crippen molar-refractivity contribution in [1.82, 2.24) is 14.9 Å². The first-order chi connectivity index (χ1) is 13.9. The van der Waals surface area contributed by atoms with E-state index in [1.165, 1.54) is 6.26 Å². The van der Waals surface area contributed by atoms with Crippen LogP contribution < -0.4 is 0 Å². The summed E-state index contributed by atoms with van der Waals surface area (Å²) in [6.07, 6.45) is 6.88. The Bertz CT molecular complexity index is 1140. The maximum absolute atomic E-state index is 12.6. The minimum absolute atomic E-state index is 0.0729. The lowest BCUT2D eigenvalue weighted by Gasteiger charge is -2.32. The molecule has 1 saturated heterocycles. The second-order valence-corrected chi connectivity index (χ2v) is 9.57. The van der Waals surface area contributed by atoms with Crippen LogP contribution in [0.15, 0.2) is 59.8 Å². The fraction of sp³-hybridized carbons (Fsp3) is 0.318. The number of hydrogen-bond donors (Lipinski definition) is 0. The Morgan fingerprint density at radius 2 is 1.83 bits per heavy atom. The van der Waals surface area contributed by atoms with E-state index in [0.29, 0.717) is 19.0 Å². The Morgan fingerprint density at radius 1 is 1.10 bits per heavy atom. The Labute approximate surface area is 170 Å². The van der Waals surface area contributed by atoms with Gasteiger partial charge in [0.2, 0.25) is 5.91 Å². The second kappa shape index (κ2) is 7.91. The molecule has 6 nitrogen and oxygen atoms in total. The molecule has 1 aliphatic heterocycles. The minimum atomic E-state index is -3.22.